The molecule has 0 atom stereocenters. The van der Waals surface area contributed by atoms with Gasteiger partial charge < -0.3 is 10.2 Å². The quantitative estimate of drug-likeness (QED) is 0.904. The van der Waals surface area contributed by atoms with Crippen LogP contribution in [-0.2, 0) is 4.79 Å². The van der Waals surface area contributed by atoms with Gasteiger partial charge in [-0.15, -0.1) is 0 Å². The lowest BCUT2D eigenvalue weighted by Gasteiger charge is -2.38. The first-order valence-electron chi connectivity index (χ1n) is 9.81. The van der Waals surface area contributed by atoms with Gasteiger partial charge in [0.15, 0.2) is 0 Å². The monoisotopic (exact) mass is 367 g/mol. The Bertz CT molecular complexity index is 784. The maximum Gasteiger partial charge on any atom is 0.234 e. The maximum atomic E-state index is 13.2. The zero-order valence-corrected chi connectivity index (χ0v) is 15.5. The first kappa shape index (κ1) is 18.0. The summed E-state index contributed by atoms with van der Waals surface area (Å²) in [6, 6.07) is 15.6. The number of rotatable bonds is 3. The molecule has 0 bridgehead atoms. The van der Waals surface area contributed by atoms with E-state index in [0.29, 0.717) is 12.6 Å². The third kappa shape index (κ3) is 4.30. The van der Waals surface area contributed by atoms with Gasteiger partial charge in [0.2, 0.25) is 5.91 Å². The standard InChI is InChI=1S/C22H26FN3O/c23-19-7-5-17(6-8-19)18-3-1-4-21(15-18)25-13-9-20(10-14-25)26-12-2-11-24-22(27)16-26/h1,3-8,15,20H,2,9-14,16H2,(H,24,27). The fraction of sp³-hybridized carbons (Fsp3) is 0.409. The van der Waals surface area contributed by atoms with Crippen molar-refractivity contribution in [2.24, 2.45) is 0 Å². The van der Waals surface area contributed by atoms with Crippen LogP contribution in [0.3, 0.4) is 0 Å². The minimum atomic E-state index is -0.209. The lowest BCUT2D eigenvalue weighted by atomic mass is 10.0. The minimum Gasteiger partial charge on any atom is -0.371 e. The van der Waals surface area contributed by atoms with E-state index < -0.39 is 0 Å². The number of hydrogen-bond acceptors (Lipinski definition) is 3. The van der Waals surface area contributed by atoms with Crippen molar-refractivity contribution < 1.29 is 9.18 Å². The van der Waals surface area contributed by atoms with Crippen LogP contribution in [0, 0.1) is 5.82 Å². The summed E-state index contributed by atoms with van der Waals surface area (Å²) in [6.45, 7) is 4.32. The van der Waals surface area contributed by atoms with Gasteiger partial charge in [-0.2, -0.15) is 0 Å². The van der Waals surface area contributed by atoms with E-state index in [1.165, 1.54) is 17.8 Å². The van der Waals surface area contributed by atoms with E-state index in [0.717, 1.165) is 56.6 Å². The number of piperidine rings is 1. The molecule has 0 spiro atoms. The van der Waals surface area contributed by atoms with Crippen molar-refractivity contribution in [3.05, 3.63) is 54.3 Å². The highest BCUT2D eigenvalue weighted by Gasteiger charge is 2.27. The molecule has 2 aromatic rings. The third-order valence-corrected chi connectivity index (χ3v) is 5.66. The number of anilines is 1. The van der Waals surface area contributed by atoms with Gasteiger partial charge in [0.1, 0.15) is 5.82 Å². The largest absolute Gasteiger partial charge is 0.371 e. The summed E-state index contributed by atoms with van der Waals surface area (Å²) in [5.74, 6) is -0.0545. The molecule has 0 radical (unpaired) electrons. The molecule has 142 valence electrons. The number of benzene rings is 2. The number of nitrogens with zero attached hydrogens (tertiary/aromatic N) is 2. The molecule has 5 heteroatoms. The van der Waals surface area contributed by atoms with E-state index in [4.69, 9.17) is 0 Å². The fourth-order valence-electron chi connectivity index (χ4n) is 4.15. The van der Waals surface area contributed by atoms with Gasteiger partial charge in [0.05, 0.1) is 6.54 Å². The molecular weight excluding hydrogens is 341 g/mol. The lowest BCUT2D eigenvalue weighted by molar-refractivity contribution is -0.122. The van der Waals surface area contributed by atoms with Crippen LogP contribution in [0.15, 0.2) is 48.5 Å². The highest BCUT2D eigenvalue weighted by Crippen LogP contribution is 2.28. The van der Waals surface area contributed by atoms with Gasteiger partial charge in [0.25, 0.3) is 0 Å². The van der Waals surface area contributed by atoms with Gasteiger partial charge in [-0.3, -0.25) is 9.69 Å². The number of carbonyl (C=O) groups is 1. The normalized spacial score (nSPS) is 19.6. The number of amides is 1. The summed E-state index contributed by atoms with van der Waals surface area (Å²) < 4.78 is 13.2. The predicted molar refractivity (Wildman–Crippen MR) is 106 cm³/mol. The molecule has 1 N–H and O–H groups in total. The van der Waals surface area contributed by atoms with Crippen molar-refractivity contribution in [1.29, 1.82) is 0 Å². The molecule has 4 nitrogen and oxygen atoms in total. The molecule has 0 aromatic heterocycles. The Labute approximate surface area is 160 Å². The van der Waals surface area contributed by atoms with Crippen LogP contribution < -0.4 is 10.2 Å². The van der Waals surface area contributed by atoms with Crippen molar-refractivity contribution in [2.75, 3.05) is 37.6 Å². The van der Waals surface area contributed by atoms with E-state index in [-0.39, 0.29) is 11.7 Å². The van der Waals surface area contributed by atoms with Gasteiger partial charge in [-0.1, -0.05) is 24.3 Å². The fourth-order valence-corrected chi connectivity index (χ4v) is 4.15. The Morgan fingerprint density at radius 3 is 2.52 bits per heavy atom. The predicted octanol–water partition coefficient (Wildman–Crippen LogP) is 3.28. The van der Waals surface area contributed by atoms with Crippen LogP contribution in [0.25, 0.3) is 11.1 Å². The van der Waals surface area contributed by atoms with Gasteiger partial charge in [0, 0.05) is 37.9 Å². The van der Waals surface area contributed by atoms with Crippen LogP contribution in [-0.4, -0.2) is 49.6 Å². The minimum absolute atomic E-state index is 0.155. The van der Waals surface area contributed by atoms with Crippen LogP contribution in [0.5, 0.6) is 0 Å². The van der Waals surface area contributed by atoms with Crippen molar-refractivity contribution in [3.63, 3.8) is 0 Å². The number of hydrogen-bond donors (Lipinski definition) is 1. The topological polar surface area (TPSA) is 35.6 Å². The number of carbonyl (C=O) groups excluding carboxylic acids is 1. The zero-order valence-electron chi connectivity index (χ0n) is 15.5. The third-order valence-electron chi connectivity index (χ3n) is 5.66. The van der Waals surface area contributed by atoms with Gasteiger partial charge >= 0.3 is 0 Å². The molecule has 2 fully saturated rings. The molecule has 2 aliphatic rings. The van der Waals surface area contributed by atoms with Gasteiger partial charge in [-0.05, 0) is 54.7 Å². The van der Waals surface area contributed by atoms with Crippen LogP contribution >= 0.6 is 0 Å². The van der Waals surface area contributed by atoms with E-state index in [2.05, 4.69) is 39.4 Å². The molecule has 4 rings (SSSR count). The molecule has 0 unspecified atom stereocenters. The highest BCUT2D eigenvalue weighted by atomic mass is 19.1. The van der Waals surface area contributed by atoms with Crippen molar-refractivity contribution in [1.82, 2.24) is 10.2 Å². The Kier molecular flexibility index (Phi) is 5.39. The van der Waals surface area contributed by atoms with E-state index in [1.54, 1.807) is 0 Å². The van der Waals surface area contributed by atoms with Crippen molar-refractivity contribution in [2.45, 2.75) is 25.3 Å². The molecule has 2 aliphatic heterocycles. The Hall–Kier alpha value is -2.40. The molecule has 27 heavy (non-hydrogen) atoms. The second-order valence-corrected chi connectivity index (χ2v) is 7.45. The molecule has 0 aliphatic carbocycles. The molecule has 2 saturated heterocycles. The van der Waals surface area contributed by atoms with E-state index in [9.17, 15) is 9.18 Å². The summed E-state index contributed by atoms with van der Waals surface area (Å²) >= 11 is 0. The Morgan fingerprint density at radius 2 is 1.74 bits per heavy atom. The summed E-state index contributed by atoms with van der Waals surface area (Å²) in [5.41, 5.74) is 3.35. The first-order valence-corrected chi connectivity index (χ1v) is 9.81. The summed E-state index contributed by atoms with van der Waals surface area (Å²) in [5, 5.41) is 2.96. The number of halogens is 1. The SMILES string of the molecule is O=C1CN(C2CCN(c3cccc(-c4ccc(F)cc4)c3)CC2)CCCN1. The maximum absolute atomic E-state index is 13.2. The Balaban J connectivity index is 1.41. The average Bonchev–Trinajstić information content (AvgIpc) is 2.93. The molecule has 1 amide bonds. The molecule has 2 aromatic carbocycles. The summed E-state index contributed by atoms with van der Waals surface area (Å²) in [7, 11) is 0. The van der Waals surface area contributed by atoms with Gasteiger partial charge in [-0.25, -0.2) is 4.39 Å². The molecule has 0 saturated carbocycles. The second-order valence-electron chi connectivity index (χ2n) is 7.45. The second kappa shape index (κ2) is 8.09. The summed E-state index contributed by atoms with van der Waals surface area (Å²) in [6.07, 6.45) is 3.19. The average molecular weight is 367 g/mol. The van der Waals surface area contributed by atoms with E-state index >= 15 is 0 Å². The zero-order chi connectivity index (χ0) is 18.6. The van der Waals surface area contributed by atoms with Crippen molar-refractivity contribution in [3.8, 4) is 11.1 Å². The smallest absolute Gasteiger partial charge is 0.234 e. The Morgan fingerprint density at radius 1 is 0.963 bits per heavy atom. The molecular formula is C22H26FN3O. The highest BCUT2D eigenvalue weighted by molar-refractivity contribution is 5.78. The van der Waals surface area contributed by atoms with Crippen LogP contribution in [0.1, 0.15) is 19.3 Å². The van der Waals surface area contributed by atoms with E-state index in [1.807, 2.05) is 12.1 Å². The summed E-state index contributed by atoms with van der Waals surface area (Å²) in [4.78, 5) is 16.6. The molecule has 2 heterocycles. The van der Waals surface area contributed by atoms with Crippen LogP contribution in [0.4, 0.5) is 10.1 Å². The van der Waals surface area contributed by atoms with Crippen molar-refractivity contribution >= 4 is 11.6 Å². The van der Waals surface area contributed by atoms with Crippen LogP contribution in [0.2, 0.25) is 0 Å². The number of nitrogens with one attached hydrogen (secondary N) is 1. The lowest BCUT2D eigenvalue weighted by Crippen LogP contribution is -2.47. The first-order chi connectivity index (χ1) is 13.2.